The van der Waals surface area contributed by atoms with Gasteiger partial charge in [-0.2, -0.15) is 0 Å². The summed E-state index contributed by atoms with van der Waals surface area (Å²) in [5.74, 6) is 0. The summed E-state index contributed by atoms with van der Waals surface area (Å²) < 4.78 is 0. The summed E-state index contributed by atoms with van der Waals surface area (Å²) >= 11 is 0. The third-order valence-electron chi connectivity index (χ3n) is 2.42. The number of aliphatic hydroxyl groups is 1. The van der Waals surface area contributed by atoms with E-state index in [1.807, 2.05) is 0 Å². The molecule has 0 radical (unpaired) electrons. The lowest BCUT2D eigenvalue weighted by atomic mass is 10.2. The molecule has 0 aromatic rings. The zero-order valence-corrected chi connectivity index (χ0v) is 6.58. The van der Waals surface area contributed by atoms with E-state index in [4.69, 9.17) is 5.11 Å². The summed E-state index contributed by atoms with van der Waals surface area (Å²) in [5, 5.41) is 12.2. The Morgan fingerprint density at radius 1 is 1.73 bits per heavy atom. The van der Waals surface area contributed by atoms with Crippen LogP contribution in [0.25, 0.3) is 0 Å². The quantitative estimate of drug-likeness (QED) is 0.536. The van der Waals surface area contributed by atoms with Crippen molar-refractivity contribution in [3.63, 3.8) is 0 Å². The SMILES string of the molecule is OC[C@H]1CN2CCC=C2CN1. The van der Waals surface area contributed by atoms with Crippen LogP contribution in [0.1, 0.15) is 6.42 Å². The summed E-state index contributed by atoms with van der Waals surface area (Å²) in [5.41, 5.74) is 1.41. The number of nitrogens with zero attached hydrogens (tertiary/aromatic N) is 1. The van der Waals surface area contributed by atoms with E-state index in [-0.39, 0.29) is 12.6 Å². The molecule has 0 amide bonds. The van der Waals surface area contributed by atoms with Crippen LogP contribution in [-0.4, -0.2) is 42.3 Å². The molecule has 0 aromatic heterocycles. The van der Waals surface area contributed by atoms with Gasteiger partial charge >= 0.3 is 0 Å². The van der Waals surface area contributed by atoms with Crippen molar-refractivity contribution in [2.24, 2.45) is 0 Å². The highest BCUT2D eigenvalue weighted by Crippen LogP contribution is 2.17. The summed E-state index contributed by atoms with van der Waals surface area (Å²) in [6.45, 7) is 3.31. The predicted octanol–water partition coefficient (Wildman–Crippen LogP) is -0.460. The molecule has 1 atom stereocenters. The molecule has 2 heterocycles. The number of piperazine rings is 1. The molecule has 1 saturated heterocycles. The normalized spacial score (nSPS) is 30.1. The van der Waals surface area contributed by atoms with E-state index in [9.17, 15) is 0 Å². The van der Waals surface area contributed by atoms with Crippen molar-refractivity contribution in [2.75, 3.05) is 26.2 Å². The van der Waals surface area contributed by atoms with Crippen LogP contribution >= 0.6 is 0 Å². The first-order chi connectivity index (χ1) is 5.40. The fourth-order valence-corrected chi connectivity index (χ4v) is 1.75. The third kappa shape index (κ3) is 1.26. The first-order valence-corrected chi connectivity index (χ1v) is 4.18. The maximum atomic E-state index is 8.90. The first-order valence-electron chi connectivity index (χ1n) is 4.18. The van der Waals surface area contributed by atoms with Crippen LogP contribution in [-0.2, 0) is 0 Å². The van der Waals surface area contributed by atoms with Crippen LogP contribution in [0.2, 0.25) is 0 Å². The van der Waals surface area contributed by atoms with Crippen LogP contribution in [0.4, 0.5) is 0 Å². The van der Waals surface area contributed by atoms with Crippen LogP contribution in [0, 0.1) is 0 Å². The van der Waals surface area contributed by atoms with Gasteiger partial charge in [-0.3, -0.25) is 0 Å². The van der Waals surface area contributed by atoms with Crippen LogP contribution in [0.3, 0.4) is 0 Å². The van der Waals surface area contributed by atoms with Crippen molar-refractivity contribution in [2.45, 2.75) is 12.5 Å². The minimum absolute atomic E-state index is 0.254. The van der Waals surface area contributed by atoms with Gasteiger partial charge in [-0.15, -0.1) is 0 Å². The Labute approximate surface area is 66.7 Å². The molecule has 2 rings (SSSR count). The van der Waals surface area contributed by atoms with Crippen LogP contribution in [0.5, 0.6) is 0 Å². The minimum Gasteiger partial charge on any atom is -0.395 e. The lowest BCUT2D eigenvalue weighted by Gasteiger charge is -2.33. The molecular weight excluding hydrogens is 140 g/mol. The summed E-state index contributed by atoms with van der Waals surface area (Å²) in [7, 11) is 0. The highest BCUT2D eigenvalue weighted by Gasteiger charge is 2.23. The molecule has 2 N–H and O–H groups in total. The second kappa shape index (κ2) is 2.83. The molecule has 2 aliphatic heterocycles. The van der Waals surface area contributed by atoms with E-state index in [1.165, 1.54) is 12.1 Å². The number of hydrogen-bond donors (Lipinski definition) is 2. The van der Waals surface area contributed by atoms with Gasteiger partial charge < -0.3 is 15.3 Å². The van der Waals surface area contributed by atoms with Gasteiger partial charge in [-0.1, -0.05) is 6.08 Å². The third-order valence-corrected chi connectivity index (χ3v) is 2.42. The van der Waals surface area contributed by atoms with Crippen molar-refractivity contribution in [1.82, 2.24) is 10.2 Å². The summed E-state index contributed by atoms with van der Waals surface area (Å²) in [6.07, 6.45) is 3.45. The van der Waals surface area contributed by atoms with Gasteiger partial charge in [0, 0.05) is 31.4 Å². The average molecular weight is 154 g/mol. The first kappa shape index (κ1) is 7.13. The van der Waals surface area contributed by atoms with Crippen LogP contribution < -0.4 is 5.32 Å². The molecule has 0 saturated carbocycles. The van der Waals surface area contributed by atoms with Crippen molar-refractivity contribution in [3.8, 4) is 0 Å². The molecule has 3 nitrogen and oxygen atoms in total. The molecule has 0 spiro atoms. The maximum absolute atomic E-state index is 8.90. The zero-order chi connectivity index (χ0) is 7.68. The Morgan fingerprint density at radius 3 is 3.45 bits per heavy atom. The van der Waals surface area contributed by atoms with E-state index >= 15 is 0 Å². The number of nitrogens with one attached hydrogen (secondary N) is 1. The minimum atomic E-state index is 0.254. The van der Waals surface area contributed by atoms with Gasteiger partial charge in [0.2, 0.25) is 0 Å². The summed E-state index contributed by atoms with van der Waals surface area (Å²) in [6, 6.07) is 0.283. The average Bonchev–Trinajstić information content (AvgIpc) is 2.50. The predicted molar refractivity (Wildman–Crippen MR) is 43.1 cm³/mol. The topological polar surface area (TPSA) is 35.5 Å². The van der Waals surface area contributed by atoms with Crippen molar-refractivity contribution >= 4 is 0 Å². The Morgan fingerprint density at radius 2 is 2.64 bits per heavy atom. The molecule has 0 aliphatic carbocycles. The number of rotatable bonds is 1. The van der Waals surface area contributed by atoms with Gasteiger partial charge in [-0.05, 0) is 6.42 Å². The largest absolute Gasteiger partial charge is 0.395 e. The van der Waals surface area contributed by atoms with Crippen molar-refractivity contribution in [3.05, 3.63) is 11.8 Å². The molecular formula is C8H14N2O. The fraction of sp³-hybridized carbons (Fsp3) is 0.750. The lowest BCUT2D eigenvalue weighted by molar-refractivity contribution is 0.186. The number of fused-ring (bicyclic) bond motifs is 1. The highest BCUT2D eigenvalue weighted by molar-refractivity contribution is 5.12. The Bertz CT molecular complexity index is 179. The van der Waals surface area contributed by atoms with E-state index in [0.29, 0.717) is 0 Å². The molecule has 0 aromatic carbocycles. The highest BCUT2D eigenvalue weighted by atomic mass is 16.3. The van der Waals surface area contributed by atoms with Crippen molar-refractivity contribution < 1.29 is 5.11 Å². The van der Waals surface area contributed by atoms with Gasteiger partial charge in [-0.25, -0.2) is 0 Å². The monoisotopic (exact) mass is 154 g/mol. The van der Waals surface area contributed by atoms with Gasteiger partial charge in [0.25, 0.3) is 0 Å². The summed E-state index contributed by atoms with van der Waals surface area (Å²) in [4.78, 5) is 2.36. The van der Waals surface area contributed by atoms with E-state index in [1.54, 1.807) is 0 Å². The fourth-order valence-electron chi connectivity index (χ4n) is 1.75. The zero-order valence-electron chi connectivity index (χ0n) is 6.58. The maximum Gasteiger partial charge on any atom is 0.0602 e. The van der Waals surface area contributed by atoms with E-state index in [0.717, 1.165) is 19.6 Å². The molecule has 0 bridgehead atoms. The standard InChI is InChI=1S/C8H14N2O/c11-6-7-5-10-3-1-2-8(10)4-9-7/h2,7,9,11H,1,3-6H2/t7-/m1/s1. The molecule has 1 fully saturated rings. The Hall–Kier alpha value is -0.540. The van der Waals surface area contributed by atoms with E-state index in [2.05, 4.69) is 16.3 Å². The van der Waals surface area contributed by atoms with Gasteiger partial charge in [0.1, 0.15) is 0 Å². The Balaban J connectivity index is 1.98. The smallest absolute Gasteiger partial charge is 0.0602 e. The van der Waals surface area contributed by atoms with Gasteiger partial charge in [0.05, 0.1) is 6.61 Å². The second-order valence-corrected chi connectivity index (χ2v) is 3.19. The van der Waals surface area contributed by atoms with E-state index < -0.39 is 0 Å². The molecule has 62 valence electrons. The van der Waals surface area contributed by atoms with Gasteiger partial charge in [0.15, 0.2) is 0 Å². The molecule has 2 aliphatic rings. The molecule has 11 heavy (non-hydrogen) atoms. The number of hydrogen-bond acceptors (Lipinski definition) is 3. The molecule has 0 unspecified atom stereocenters. The van der Waals surface area contributed by atoms with Crippen molar-refractivity contribution in [1.29, 1.82) is 0 Å². The second-order valence-electron chi connectivity index (χ2n) is 3.19. The molecule has 3 heteroatoms. The number of aliphatic hydroxyl groups excluding tert-OH is 1. The van der Waals surface area contributed by atoms with Crippen LogP contribution in [0.15, 0.2) is 11.8 Å². The Kier molecular flexibility index (Phi) is 1.84. The lowest BCUT2D eigenvalue weighted by Crippen LogP contribution is -2.49.